The SMILES string of the molecule is CC(C)(C)c1ccc(/C=C/c2ccc(C(C)(C)C)cc2)cc1. The fraction of sp³-hybridized carbons (Fsp3) is 0.364. The van der Waals surface area contributed by atoms with Gasteiger partial charge in [0.1, 0.15) is 0 Å². The molecule has 0 aliphatic rings. The summed E-state index contributed by atoms with van der Waals surface area (Å²) >= 11 is 0. The first-order valence-corrected chi connectivity index (χ1v) is 8.05. The second kappa shape index (κ2) is 6.12. The van der Waals surface area contributed by atoms with Crippen LogP contribution in [0.3, 0.4) is 0 Å². The highest BCUT2D eigenvalue weighted by molar-refractivity contribution is 5.69. The summed E-state index contributed by atoms with van der Waals surface area (Å²) in [6, 6.07) is 17.7. The van der Waals surface area contributed by atoms with Crippen LogP contribution in [-0.4, -0.2) is 0 Å². The van der Waals surface area contributed by atoms with E-state index >= 15 is 0 Å². The molecule has 0 aliphatic heterocycles. The van der Waals surface area contributed by atoms with Crippen LogP contribution in [0.5, 0.6) is 0 Å². The zero-order chi connectivity index (χ0) is 16.4. The van der Waals surface area contributed by atoms with Gasteiger partial charge in [-0.1, -0.05) is 102 Å². The average molecular weight is 292 g/mol. The molecule has 0 radical (unpaired) electrons. The molecule has 0 bridgehead atoms. The summed E-state index contributed by atoms with van der Waals surface area (Å²) in [5, 5.41) is 0. The lowest BCUT2D eigenvalue weighted by molar-refractivity contribution is 0.590. The van der Waals surface area contributed by atoms with E-state index < -0.39 is 0 Å². The summed E-state index contributed by atoms with van der Waals surface area (Å²) in [4.78, 5) is 0. The first-order chi connectivity index (χ1) is 10.2. The van der Waals surface area contributed by atoms with E-state index in [1.807, 2.05) is 0 Å². The zero-order valence-electron chi connectivity index (χ0n) is 14.8. The number of hydrogen-bond donors (Lipinski definition) is 0. The Balaban J connectivity index is 2.12. The molecule has 0 unspecified atom stereocenters. The van der Waals surface area contributed by atoms with Crippen molar-refractivity contribution in [2.24, 2.45) is 0 Å². The third-order valence-electron chi connectivity index (χ3n) is 4.02. The second-order valence-corrected chi connectivity index (χ2v) is 8.08. The molecular formula is C22H28. The monoisotopic (exact) mass is 292 g/mol. The van der Waals surface area contributed by atoms with E-state index in [1.165, 1.54) is 22.3 Å². The van der Waals surface area contributed by atoms with Crippen molar-refractivity contribution < 1.29 is 0 Å². The van der Waals surface area contributed by atoms with Crippen molar-refractivity contribution in [2.75, 3.05) is 0 Å². The Bertz CT molecular complexity index is 567. The molecule has 0 saturated carbocycles. The van der Waals surface area contributed by atoms with Crippen molar-refractivity contribution in [2.45, 2.75) is 52.4 Å². The van der Waals surface area contributed by atoms with Crippen LogP contribution in [0.1, 0.15) is 63.8 Å². The summed E-state index contributed by atoms with van der Waals surface area (Å²) in [5.41, 5.74) is 5.66. The predicted octanol–water partition coefficient (Wildman–Crippen LogP) is 6.45. The predicted molar refractivity (Wildman–Crippen MR) is 99.2 cm³/mol. The van der Waals surface area contributed by atoms with Crippen molar-refractivity contribution in [1.29, 1.82) is 0 Å². The van der Waals surface area contributed by atoms with E-state index in [0.717, 1.165) is 0 Å². The molecule has 0 N–H and O–H groups in total. The Morgan fingerprint density at radius 2 is 0.773 bits per heavy atom. The molecule has 2 rings (SSSR count). The number of benzene rings is 2. The van der Waals surface area contributed by atoms with Gasteiger partial charge in [-0.05, 0) is 33.1 Å². The zero-order valence-corrected chi connectivity index (χ0v) is 14.8. The molecule has 2 aromatic carbocycles. The van der Waals surface area contributed by atoms with Gasteiger partial charge < -0.3 is 0 Å². The second-order valence-electron chi connectivity index (χ2n) is 8.08. The smallest absolute Gasteiger partial charge is 0.0132 e. The molecule has 0 atom stereocenters. The molecule has 0 amide bonds. The van der Waals surface area contributed by atoms with Crippen molar-refractivity contribution in [3.8, 4) is 0 Å². The third-order valence-corrected chi connectivity index (χ3v) is 4.02. The van der Waals surface area contributed by atoms with E-state index in [9.17, 15) is 0 Å². The molecule has 116 valence electrons. The Morgan fingerprint density at radius 3 is 1.00 bits per heavy atom. The first-order valence-electron chi connectivity index (χ1n) is 8.05. The first kappa shape index (κ1) is 16.5. The molecule has 0 saturated heterocycles. The van der Waals surface area contributed by atoms with Gasteiger partial charge in [0, 0.05) is 0 Å². The molecule has 0 nitrogen and oxygen atoms in total. The van der Waals surface area contributed by atoms with Crippen molar-refractivity contribution >= 4 is 12.2 Å². The lowest BCUT2D eigenvalue weighted by Crippen LogP contribution is -2.10. The summed E-state index contributed by atoms with van der Waals surface area (Å²) in [5.74, 6) is 0. The molecule has 22 heavy (non-hydrogen) atoms. The fourth-order valence-electron chi connectivity index (χ4n) is 2.38. The molecule has 0 aliphatic carbocycles. The summed E-state index contributed by atoms with van der Waals surface area (Å²) in [6.07, 6.45) is 4.36. The molecule has 0 aromatic heterocycles. The van der Waals surface area contributed by atoms with E-state index in [0.29, 0.717) is 0 Å². The van der Waals surface area contributed by atoms with Crippen LogP contribution in [0.25, 0.3) is 12.2 Å². The number of hydrogen-bond acceptors (Lipinski definition) is 0. The maximum atomic E-state index is 2.24. The van der Waals surface area contributed by atoms with E-state index in [-0.39, 0.29) is 10.8 Å². The van der Waals surface area contributed by atoms with Crippen molar-refractivity contribution in [3.05, 3.63) is 70.8 Å². The average Bonchev–Trinajstić information content (AvgIpc) is 2.44. The molecule has 0 heterocycles. The molecular weight excluding hydrogens is 264 g/mol. The summed E-state index contributed by atoms with van der Waals surface area (Å²) in [7, 11) is 0. The van der Waals surface area contributed by atoms with E-state index in [4.69, 9.17) is 0 Å². The minimum Gasteiger partial charge on any atom is -0.0579 e. The van der Waals surface area contributed by atoms with Gasteiger partial charge in [-0.2, -0.15) is 0 Å². The molecule has 0 fully saturated rings. The Labute approximate surface area is 135 Å². The van der Waals surface area contributed by atoms with Crippen molar-refractivity contribution in [3.63, 3.8) is 0 Å². The molecule has 0 heteroatoms. The highest BCUT2D eigenvalue weighted by atomic mass is 14.2. The lowest BCUT2D eigenvalue weighted by atomic mass is 9.86. The minimum atomic E-state index is 0.213. The van der Waals surface area contributed by atoms with Crippen LogP contribution in [-0.2, 0) is 10.8 Å². The van der Waals surface area contributed by atoms with E-state index in [2.05, 4.69) is 102 Å². The Morgan fingerprint density at radius 1 is 0.500 bits per heavy atom. The van der Waals surface area contributed by atoms with Crippen LogP contribution >= 0.6 is 0 Å². The maximum absolute atomic E-state index is 2.24. The van der Waals surface area contributed by atoms with Gasteiger partial charge in [-0.25, -0.2) is 0 Å². The lowest BCUT2D eigenvalue weighted by Gasteiger charge is -2.19. The van der Waals surface area contributed by atoms with Crippen LogP contribution < -0.4 is 0 Å². The third kappa shape index (κ3) is 4.34. The maximum Gasteiger partial charge on any atom is -0.0132 e. The van der Waals surface area contributed by atoms with Gasteiger partial charge in [0.25, 0.3) is 0 Å². The van der Waals surface area contributed by atoms with Crippen LogP contribution in [0.15, 0.2) is 48.5 Å². The standard InChI is InChI=1S/C22H28/c1-21(2,3)19-13-9-17(10-14-19)7-8-18-11-15-20(16-12-18)22(4,5)6/h7-16H,1-6H3/b8-7+. The van der Waals surface area contributed by atoms with Crippen LogP contribution in [0.2, 0.25) is 0 Å². The van der Waals surface area contributed by atoms with Crippen molar-refractivity contribution in [1.82, 2.24) is 0 Å². The normalized spacial score (nSPS) is 12.8. The quantitative estimate of drug-likeness (QED) is 0.558. The highest BCUT2D eigenvalue weighted by Crippen LogP contribution is 2.24. The largest absolute Gasteiger partial charge is 0.0579 e. The van der Waals surface area contributed by atoms with Gasteiger partial charge in [-0.15, -0.1) is 0 Å². The van der Waals surface area contributed by atoms with Gasteiger partial charge in [0.15, 0.2) is 0 Å². The fourth-order valence-corrected chi connectivity index (χ4v) is 2.38. The Hall–Kier alpha value is -1.82. The summed E-state index contributed by atoms with van der Waals surface area (Å²) in [6.45, 7) is 13.5. The van der Waals surface area contributed by atoms with E-state index in [1.54, 1.807) is 0 Å². The summed E-state index contributed by atoms with van der Waals surface area (Å²) < 4.78 is 0. The van der Waals surface area contributed by atoms with Crippen LogP contribution in [0, 0.1) is 0 Å². The topological polar surface area (TPSA) is 0 Å². The van der Waals surface area contributed by atoms with Gasteiger partial charge in [0.05, 0.1) is 0 Å². The molecule has 0 spiro atoms. The van der Waals surface area contributed by atoms with Gasteiger partial charge >= 0.3 is 0 Å². The molecule has 2 aromatic rings. The van der Waals surface area contributed by atoms with Gasteiger partial charge in [-0.3, -0.25) is 0 Å². The van der Waals surface area contributed by atoms with Gasteiger partial charge in [0.2, 0.25) is 0 Å². The Kier molecular flexibility index (Phi) is 4.60. The number of rotatable bonds is 2. The minimum absolute atomic E-state index is 0.213. The van der Waals surface area contributed by atoms with Crippen LogP contribution in [0.4, 0.5) is 0 Å². The highest BCUT2D eigenvalue weighted by Gasteiger charge is 2.13.